The molecule has 100 valence electrons. The molecule has 0 atom stereocenters. The van der Waals surface area contributed by atoms with E-state index in [0.29, 0.717) is 0 Å². The highest BCUT2D eigenvalue weighted by atomic mass is 15.1. The summed E-state index contributed by atoms with van der Waals surface area (Å²) in [6.45, 7) is 3.11. The molecule has 2 aliphatic rings. The third-order valence-electron chi connectivity index (χ3n) is 4.78. The van der Waals surface area contributed by atoms with Crippen LogP contribution in [-0.2, 0) is 13.0 Å². The summed E-state index contributed by atoms with van der Waals surface area (Å²) in [4.78, 5) is 2.50. The van der Waals surface area contributed by atoms with Crippen molar-refractivity contribution in [1.82, 2.24) is 4.90 Å². The van der Waals surface area contributed by atoms with Gasteiger partial charge in [-0.2, -0.15) is 5.26 Å². The molecule has 19 heavy (non-hydrogen) atoms. The highest BCUT2D eigenvalue weighted by Gasteiger charge is 2.34. The van der Waals surface area contributed by atoms with E-state index in [4.69, 9.17) is 0 Å². The first-order valence-electron chi connectivity index (χ1n) is 7.52. The van der Waals surface area contributed by atoms with Crippen LogP contribution in [0.5, 0.6) is 0 Å². The molecule has 1 heterocycles. The van der Waals surface area contributed by atoms with E-state index < -0.39 is 0 Å². The van der Waals surface area contributed by atoms with Crippen LogP contribution in [-0.4, -0.2) is 18.0 Å². The Labute approximate surface area is 116 Å². The van der Waals surface area contributed by atoms with Gasteiger partial charge in [-0.1, -0.05) is 43.5 Å². The second kappa shape index (κ2) is 5.35. The normalized spacial score (nSPS) is 22.5. The summed E-state index contributed by atoms with van der Waals surface area (Å²) in [5.74, 6) is 0. The maximum Gasteiger partial charge on any atom is 0.0703 e. The fourth-order valence-corrected chi connectivity index (χ4v) is 3.65. The molecule has 1 aliphatic carbocycles. The van der Waals surface area contributed by atoms with E-state index in [-0.39, 0.29) is 5.41 Å². The minimum Gasteiger partial charge on any atom is -0.297 e. The molecule has 0 saturated heterocycles. The van der Waals surface area contributed by atoms with Crippen molar-refractivity contribution in [1.29, 1.82) is 5.26 Å². The van der Waals surface area contributed by atoms with Crippen molar-refractivity contribution in [3.63, 3.8) is 0 Å². The summed E-state index contributed by atoms with van der Waals surface area (Å²) in [5, 5.41) is 9.59. The summed E-state index contributed by atoms with van der Waals surface area (Å²) < 4.78 is 0. The van der Waals surface area contributed by atoms with Crippen LogP contribution >= 0.6 is 0 Å². The molecule has 0 N–H and O–H groups in total. The van der Waals surface area contributed by atoms with Gasteiger partial charge in [0.25, 0.3) is 0 Å². The monoisotopic (exact) mass is 254 g/mol. The smallest absolute Gasteiger partial charge is 0.0703 e. The lowest BCUT2D eigenvalue weighted by Gasteiger charge is -2.38. The molecule has 1 aromatic rings. The Balaban J connectivity index is 1.70. The molecular weight excluding hydrogens is 232 g/mol. The van der Waals surface area contributed by atoms with E-state index >= 15 is 0 Å². The first-order valence-corrected chi connectivity index (χ1v) is 7.52. The topological polar surface area (TPSA) is 27.0 Å². The number of benzene rings is 1. The Bertz CT molecular complexity index is 480. The molecule has 2 nitrogen and oxygen atoms in total. The van der Waals surface area contributed by atoms with Crippen molar-refractivity contribution in [2.24, 2.45) is 5.41 Å². The second-order valence-corrected chi connectivity index (χ2v) is 6.18. The minimum atomic E-state index is -0.0649. The van der Waals surface area contributed by atoms with E-state index in [1.165, 1.54) is 30.4 Å². The zero-order valence-corrected chi connectivity index (χ0v) is 11.6. The molecule has 3 rings (SSSR count). The average molecular weight is 254 g/mol. The zero-order chi connectivity index (χ0) is 13.1. The molecule has 0 amide bonds. The predicted molar refractivity (Wildman–Crippen MR) is 76.6 cm³/mol. The molecule has 1 aliphatic heterocycles. The van der Waals surface area contributed by atoms with Crippen molar-refractivity contribution < 1.29 is 0 Å². The van der Waals surface area contributed by atoms with Crippen LogP contribution in [0, 0.1) is 16.7 Å². The Morgan fingerprint density at radius 1 is 1.11 bits per heavy atom. The maximum atomic E-state index is 9.59. The number of hydrogen-bond donors (Lipinski definition) is 0. The third-order valence-corrected chi connectivity index (χ3v) is 4.78. The Kier molecular flexibility index (Phi) is 3.57. The van der Waals surface area contributed by atoms with Crippen LogP contribution in [0.2, 0.25) is 0 Å². The van der Waals surface area contributed by atoms with Gasteiger partial charge in [0.05, 0.1) is 11.5 Å². The SMILES string of the molecule is N#CC1(CN2CCc3ccccc3C2)CCCCC1. The van der Waals surface area contributed by atoms with Crippen molar-refractivity contribution in [2.45, 2.75) is 45.1 Å². The van der Waals surface area contributed by atoms with Gasteiger partial charge in [-0.3, -0.25) is 4.90 Å². The lowest BCUT2D eigenvalue weighted by Crippen LogP contribution is -2.40. The summed E-state index contributed by atoms with van der Waals surface area (Å²) in [6.07, 6.45) is 7.11. The minimum absolute atomic E-state index is 0.0649. The Morgan fingerprint density at radius 2 is 1.84 bits per heavy atom. The zero-order valence-electron chi connectivity index (χ0n) is 11.6. The van der Waals surface area contributed by atoms with E-state index in [1.54, 1.807) is 0 Å². The number of nitriles is 1. The van der Waals surface area contributed by atoms with Gasteiger partial charge in [-0.05, 0) is 30.4 Å². The average Bonchev–Trinajstić information content (AvgIpc) is 2.48. The van der Waals surface area contributed by atoms with Gasteiger partial charge in [-0.25, -0.2) is 0 Å². The Morgan fingerprint density at radius 3 is 2.58 bits per heavy atom. The van der Waals surface area contributed by atoms with Gasteiger partial charge in [0, 0.05) is 19.6 Å². The Hall–Kier alpha value is -1.33. The third kappa shape index (κ3) is 2.67. The van der Waals surface area contributed by atoms with E-state index in [0.717, 1.165) is 38.9 Å². The van der Waals surface area contributed by atoms with Gasteiger partial charge in [0.1, 0.15) is 0 Å². The fourth-order valence-electron chi connectivity index (χ4n) is 3.65. The van der Waals surface area contributed by atoms with E-state index in [2.05, 4.69) is 35.2 Å². The van der Waals surface area contributed by atoms with Crippen molar-refractivity contribution in [3.8, 4) is 6.07 Å². The number of nitrogens with zero attached hydrogens (tertiary/aromatic N) is 2. The highest BCUT2D eigenvalue weighted by molar-refractivity contribution is 5.29. The van der Waals surface area contributed by atoms with Crippen LogP contribution in [0.4, 0.5) is 0 Å². The van der Waals surface area contributed by atoms with Crippen molar-refractivity contribution in [2.75, 3.05) is 13.1 Å². The molecule has 1 saturated carbocycles. The summed E-state index contributed by atoms with van der Waals surface area (Å²) >= 11 is 0. The van der Waals surface area contributed by atoms with Crippen LogP contribution in [0.3, 0.4) is 0 Å². The van der Waals surface area contributed by atoms with Gasteiger partial charge in [-0.15, -0.1) is 0 Å². The lowest BCUT2D eigenvalue weighted by molar-refractivity contribution is 0.141. The summed E-state index contributed by atoms with van der Waals surface area (Å²) in [7, 11) is 0. The van der Waals surface area contributed by atoms with E-state index in [1.807, 2.05) is 0 Å². The largest absolute Gasteiger partial charge is 0.297 e. The first kappa shape index (κ1) is 12.7. The van der Waals surface area contributed by atoms with Crippen LogP contribution in [0.25, 0.3) is 0 Å². The van der Waals surface area contributed by atoms with Gasteiger partial charge in [0.15, 0.2) is 0 Å². The van der Waals surface area contributed by atoms with Crippen LogP contribution < -0.4 is 0 Å². The molecule has 0 unspecified atom stereocenters. The summed E-state index contributed by atoms with van der Waals surface area (Å²) in [6, 6.07) is 11.4. The summed E-state index contributed by atoms with van der Waals surface area (Å²) in [5.41, 5.74) is 2.89. The predicted octanol–water partition coefficient (Wildman–Crippen LogP) is 3.52. The van der Waals surface area contributed by atoms with Crippen LogP contribution in [0.1, 0.15) is 43.2 Å². The standard InChI is InChI=1S/C17H22N2/c18-13-17(9-4-1-5-10-17)14-19-11-8-15-6-2-3-7-16(15)12-19/h2-3,6-7H,1,4-5,8-12,14H2. The van der Waals surface area contributed by atoms with E-state index in [9.17, 15) is 5.26 Å². The molecule has 0 aromatic heterocycles. The van der Waals surface area contributed by atoms with Gasteiger partial charge in [0.2, 0.25) is 0 Å². The first-order chi connectivity index (χ1) is 9.31. The van der Waals surface area contributed by atoms with Gasteiger partial charge < -0.3 is 0 Å². The molecule has 2 heteroatoms. The highest BCUT2D eigenvalue weighted by Crippen LogP contribution is 2.37. The number of hydrogen-bond acceptors (Lipinski definition) is 2. The molecule has 1 aromatic carbocycles. The van der Waals surface area contributed by atoms with Crippen LogP contribution in [0.15, 0.2) is 24.3 Å². The molecule has 1 fully saturated rings. The molecular formula is C17H22N2. The number of fused-ring (bicyclic) bond motifs is 1. The fraction of sp³-hybridized carbons (Fsp3) is 0.588. The lowest BCUT2D eigenvalue weighted by atomic mass is 9.74. The second-order valence-electron chi connectivity index (χ2n) is 6.18. The maximum absolute atomic E-state index is 9.59. The van der Waals surface area contributed by atoms with Gasteiger partial charge >= 0.3 is 0 Å². The van der Waals surface area contributed by atoms with Crippen molar-refractivity contribution >= 4 is 0 Å². The molecule has 0 spiro atoms. The quantitative estimate of drug-likeness (QED) is 0.807. The molecule has 0 radical (unpaired) electrons. The number of rotatable bonds is 2. The molecule has 0 bridgehead atoms. The van der Waals surface area contributed by atoms with Crippen molar-refractivity contribution in [3.05, 3.63) is 35.4 Å².